The molecule has 0 saturated heterocycles. The van der Waals surface area contributed by atoms with Crippen molar-refractivity contribution in [2.45, 2.75) is 38.7 Å². The van der Waals surface area contributed by atoms with E-state index in [-0.39, 0.29) is 6.10 Å². The molecule has 0 radical (unpaired) electrons. The lowest BCUT2D eigenvalue weighted by Crippen LogP contribution is -2.18. The van der Waals surface area contributed by atoms with Gasteiger partial charge in [-0.3, -0.25) is 0 Å². The second-order valence-corrected chi connectivity index (χ2v) is 3.00. The van der Waals surface area contributed by atoms with Gasteiger partial charge in [0.1, 0.15) is 0 Å². The first-order valence-electron chi connectivity index (χ1n) is 5.15. The third kappa shape index (κ3) is 1.98. The lowest BCUT2D eigenvalue weighted by atomic mass is 9.89. The molecule has 0 bridgehead atoms. The van der Waals surface area contributed by atoms with Gasteiger partial charge in [-0.05, 0) is 31.6 Å². The molecule has 1 aliphatic rings. The Morgan fingerprint density at radius 1 is 1.33 bits per heavy atom. The summed E-state index contributed by atoms with van der Waals surface area (Å²) in [6.07, 6.45) is 3.97. The van der Waals surface area contributed by atoms with E-state index in [2.05, 4.69) is 6.92 Å². The van der Waals surface area contributed by atoms with Crippen LogP contribution in [0.4, 0.5) is 0 Å². The highest BCUT2D eigenvalue weighted by atomic mass is 16.5. The zero-order chi connectivity index (χ0) is 9.19. The maximum Gasteiger partial charge on any atom is 0.0571 e. The minimum absolute atomic E-state index is 0.0336. The van der Waals surface area contributed by atoms with E-state index in [1.807, 2.05) is 0 Å². The van der Waals surface area contributed by atoms with Crippen LogP contribution < -0.4 is 0 Å². The van der Waals surface area contributed by atoms with E-state index in [1.54, 1.807) is 0 Å². The van der Waals surface area contributed by atoms with Crippen molar-refractivity contribution in [3.63, 3.8) is 0 Å². The quantitative estimate of drug-likeness (QED) is 0.530. The Kier molecular flexibility index (Phi) is 1.42. The van der Waals surface area contributed by atoms with E-state index in [9.17, 15) is 0 Å². The molecule has 0 spiro atoms. The van der Waals surface area contributed by atoms with Crippen LogP contribution in [-0.4, -0.2) is 13.1 Å². The summed E-state index contributed by atoms with van der Waals surface area (Å²) in [5.74, 6) is 0.737. The minimum atomic E-state index is -2.20. The molecular formula is C8H16O. The lowest BCUT2D eigenvalue weighted by molar-refractivity contribution is 0.0593. The normalized spacial score (nSPS) is 43.0. The van der Waals surface area contributed by atoms with Crippen LogP contribution in [-0.2, 0) is 4.74 Å². The van der Waals surface area contributed by atoms with Gasteiger partial charge in [0.2, 0.25) is 0 Å². The van der Waals surface area contributed by atoms with Gasteiger partial charge in [0.05, 0.1) is 10.2 Å². The summed E-state index contributed by atoms with van der Waals surface area (Å²) in [5.41, 5.74) is 0. The van der Waals surface area contributed by atoms with Crippen LogP contribution in [0.25, 0.3) is 0 Å². The summed E-state index contributed by atoms with van der Waals surface area (Å²) in [6, 6.07) is 0. The van der Waals surface area contributed by atoms with Gasteiger partial charge in [-0.1, -0.05) is 6.92 Å². The second-order valence-electron chi connectivity index (χ2n) is 3.00. The van der Waals surface area contributed by atoms with Crippen LogP contribution in [0.5, 0.6) is 0 Å². The molecule has 1 fully saturated rings. The van der Waals surface area contributed by atoms with Crippen LogP contribution >= 0.6 is 0 Å². The standard InChI is InChI=1S/C8H16O/c1-7-3-5-8(9-2)6-4-7/h7-8H,3-6H2,1-2H3/i2D3. The highest BCUT2D eigenvalue weighted by Crippen LogP contribution is 2.24. The number of methoxy groups -OCH3 is 1. The van der Waals surface area contributed by atoms with E-state index in [0.717, 1.165) is 31.6 Å². The number of hydrogen-bond donors (Lipinski definition) is 0. The molecule has 9 heavy (non-hydrogen) atoms. The number of hydrogen-bond acceptors (Lipinski definition) is 1. The van der Waals surface area contributed by atoms with Crippen molar-refractivity contribution in [1.82, 2.24) is 0 Å². The van der Waals surface area contributed by atoms with Gasteiger partial charge in [-0.15, -0.1) is 0 Å². The Bertz CT molecular complexity index is 136. The molecule has 0 aliphatic heterocycles. The number of rotatable bonds is 1. The highest BCUT2D eigenvalue weighted by molar-refractivity contribution is 4.68. The maximum absolute atomic E-state index is 6.93. The molecule has 0 atom stereocenters. The predicted octanol–water partition coefficient (Wildman–Crippen LogP) is 2.21. The van der Waals surface area contributed by atoms with Crippen molar-refractivity contribution in [2.75, 3.05) is 7.04 Å². The van der Waals surface area contributed by atoms with Gasteiger partial charge in [-0.2, -0.15) is 0 Å². The molecule has 54 valence electrons. The van der Waals surface area contributed by atoms with Crippen LogP contribution in [0, 0.1) is 5.92 Å². The molecule has 1 saturated carbocycles. The van der Waals surface area contributed by atoms with E-state index in [4.69, 9.17) is 8.85 Å². The molecule has 0 N–H and O–H groups in total. The van der Waals surface area contributed by atoms with Crippen molar-refractivity contribution >= 4 is 0 Å². The Morgan fingerprint density at radius 3 is 2.56 bits per heavy atom. The van der Waals surface area contributed by atoms with Gasteiger partial charge >= 0.3 is 0 Å². The molecule has 0 heterocycles. The summed E-state index contributed by atoms with van der Waals surface area (Å²) < 4.78 is 25.7. The smallest absolute Gasteiger partial charge is 0.0571 e. The molecule has 0 aromatic carbocycles. The fourth-order valence-electron chi connectivity index (χ4n) is 1.35. The highest BCUT2D eigenvalue weighted by Gasteiger charge is 2.16. The average molecular weight is 131 g/mol. The van der Waals surface area contributed by atoms with Gasteiger partial charge in [0.25, 0.3) is 0 Å². The monoisotopic (exact) mass is 131 g/mol. The van der Waals surface area contributed by atoms with Crippen LogP contribution in [0.15, 0.2) is 0 Å². The Balaban J connectivity index is 2.26. The van der Waals surface area contributed by atoms with Crippen LogP contribution in [0.2, 0.25) is 0 Å². The molecular weight excluding hydrogens is 112 g/mol. The van der Waals surface area contributed by atoms with E-state index < -0.39 is 7.04 Å². The molecule has 1 rings (SSSR count). The fraction of sp³-hybridized carbons (Fsp3) is 1.00. The molecule has 0 unspecified atom stereocenters. The Morgan fingerprint density at radius 2 is 2.00 bits per heavy atom. The fourth-order valence-corrected chi connectivity index (χ4v) is 1.35. The van der Waals surface area contributed by atoms with E-state index >= 15 is 0 Å². The third-order valence-electron chi connectivity index (χ3n) is 2.13. The SMILES string of the molecule is [2H]C([2H])([2H])OC1CCC(C)CC1. The van der Waals surface area contributed by atoms with Crippen molar-refractivity contribution in [1.29, 1.82) is 0 Å². The molecule has 0 aromatic rings. The van der Waals surface area contributed by atoms with E-state index in [1.165, 1.54) is 0 Å². The Labute approximate surface area is 61.6 Å². The molecule has 0 amide bonds. The summed E-state index contributed by atoms with van der Waals surface area (Å²) >= 11 is 0. The summed E-state index contributed by atoms with van der Waals surface area (Å²) in [6.45, 7) is 2.20. The van der Waals surface area contributed by atoms with Crippen molar-refractivity contribution < 1.29 is 8.85 Å². The van der Waals surface area contributed by atoms with Crippen LogP contribution in [0.1, 0.15) is 36.7 Å². The van der Waals surface area contributed by atoms with Gasteiger partial charge in [-0.25, -0.2) is 0 Å². The summed E-state index contributed by atoms with van der Waals surface area (Å²) in [7, 11) is -2.20. The van der Waals surface area contributed by atoms with Crippen LogP contribution in [0.3, 0.4) is 0 Å². The van der Waals surface area contributed by atoms with Crippen molar-refractivity contribution in [2.24, 2.45) is 5.92 Å². The second kappa shape index (κ2) is 3.21. The topological polar surface area (TPSA) is 9.23 Å². The molecule has 0 aromatic heterocycles. The largest absolute Gasteiger partial charge is 0.381 e. The first-order chi connectivity index (χ1) is 5.47. The maximum atomic E-state index is 6.93. The summed E-state index contributed by atoms with van der Waals surface area (Å²) in [5, 5.41) is 0. The molecule has 1 aliphatic carbocycles. The first kappa shape index (κ1) is 3.97. The minimum Gasteiger partial charge on any atom is -0.381 e. The van der Waals surface area contributed by atoms with Gasteiger partial charge < -0.3 is 4.74 Å². The van der Waals surface area contributed by atoms with Gasteiger partial charge in [0.15, 0.2) is 0 Å². The average Bonchev–Trinajstić information content (AvgIpc) is 1.91. The summed E-state index contributed by atoms with van der Waals surface area (Å²) in [4.78, 5) is 0. The lowest BCUT2D eigenvalue weighted by Gasteiger charge is -2.24. The number of ether oxygens (including phenoxy) is 1. The van der Waals surface area contributed by atoms with Gasteiger partial charge in [0, 0.05) is 7.04 Å². The predicted molar refractivity (Wildman–Crippen MR) is 38.4 cm³/mol. The first-order valence-corrected chi connectivity index (χ1v) is 3.65. The zero-order valence-corrected chi connectivity index (χ0v) is 5.89. The van der Waals surface area contributed by atoms with E-state index in [0.29, 0.717) is 0 Å². The molecule has 1 nitrogen and oxygen atoms in total. The molecule has 1 heteroatoms. The third-order valence-corrected chi connectivity index (χ3v) is 2.13. The van der Waals surface area contributed by atoms with Crippen molar-refractivity contribution in [3.8, 4) is 0 Å². The Hall–Kier alpha value is -0.0400. The zero-order valence-electron chi connectivity index (χ0n) is 8.89. The van der Waals surface area contributed by atoms with Crippen molar-refractivity contribution in [3.05, 3.63) is 0 Å².